The highest BCUT2D eigenvalue weighted by molar-refractivity contribution is 6.30. The van der Waals surface area contributed by atoms with E-state index in [2.05, 4.69) is 5.16 Å². The molecule has 20 heavy (non-hydrogen) atoms. The van der Waals surface area contributed by atoms with Crippen LogP contribution in [0, 0.1) is 6.92 Å². The monoisotopic (exact) mass is 284 g/mol. The fraction of sp³-hybridized carbons (Fsp3) is 0.0625. The van der Waals surface area contributed by atoms with Crippen LogP contribution in [0.4, 0.5) is 5.82 Å². The average molecular weight is 285 g/mol. The van der Waals surface area contributed by atoms with E-state index in [1.807, 2.05) is 55.5 Å². The van der Waals surface area contributed by atoms with E-state index in [9.17, 15) is 0 Å². The molecule has 0 bridgehead atoms. The van der Waals surface area contributed by atoms with Crippen molar-refractivity contribution in [2.24, 2.45) is 0 Å². The number of nitrogens with zero attached hydrogens (tertiary/aromatic N) is 1. The van der Waals surface area contributed by atoms with Crippen LogP contribution in [0.1, 0.15) is 5.56 Å². The van der Waals surface area contributed by atoms with E-state index in [0.717, 1.165) is 16.7 Å². The zero-order chi connectivity index (χ0) is 14.1. The largest absolute Gasteiger partial charge is 0.380 e. The maximum atomic E-state index is 5.94. The summed E-state index contributed by atoms with van der Waals surface area (Å²) >= 11 is 5.92. The third kappa shape index (κ3) is 2.28. The number of nitrogens with two attached hydrogens (primary N) is 1. The van der Waals surface area contributed by atoms with Gasteiger partial charge in [-0.3, -0.25) is 0 Å². The van der Waals surface area contributed by atoms with Crippen LogP contribution >= 0.6 is 11.6 Å². The maximum absolute atomic E-state index is 5.94. The zero-order valence-electron chi connectivity index (χ0n) is 10.9. The fourth-order valence-corrected chi connectivity index (χ4v) is 2.23. The van der Waals surface area contributed by atoms with Crippen molar-refractivity contribution in [3.63, 3.8) is 0 Å². The van der Waals surface area contributed by atoms with Gasteiger partial charge in [-0.25, -0.2) is 0 Å². The molecule has 1 aromatic heterocycles. The van der Waals surface area contributed by atoms with E-state index in [-0.39, 0.29) is 0 Å². The van der Waals surface area contributed by atoms with Gasteiger partial charge in [0.2, 0.25) is 0 Å². The van der Waals surface area contributed by atoms with E-state index < -0.39 is 0 Å². The summed E-state index contributed by atoms with van der Waals surface area (Å²) in [5, 5.41) is 4.57. The van der Waals surface area contributed by atoms with Gasteiger partial charge in [-0.05, 0) is 24.6 Å². The van der Waals surface area contributed by atoms with Crippen LogP contribution in [0.15, 0.2) is 53.1 Å². The molecule has 0 saturated heterocycles. The van der Waals surface area contributed by atoms with Crippen LogP contribution in [0.25, 0.3) is 22.5 Å². The van der Waals surface area contributed by atoms with Crippen LogP contribution in [-0.2, 0) is 0 Å². The Morgan fingerprint density at radius 3 is 2.20 bits per heavy atom. The summed E-state index contributed by atoms with van der Waals surface area (Å²) in [6, 6.07) is 15.5. The average Bonchev–Trinajstić information content (AvgIpc) is 2.83. The van der Waals surface area contributed by atoms with Gasteiger partial charge in [0.05, 0.1) is 5.56 Å². The summed E-state index contributed by atoms with van der Waals surface area (Å²) in [7, 11) is 0. The quantitative estimate of drug-likeness (QED) is 0.751. The molecule has 0 atom stereocenters. The van der Waals surface area contributed by atoms with Crippen LogP contribution in [0.2, 0.25) is 5.02 Å². The van der Waals surface area contributed by atoms with Gasteiger partial charge in [0, 0.05) is 10.6 Å². The van der Waals surface area contributed by atoms with E-state index in [0.29, 0.717) is 16.6 Å². The van der Waals surface area contributed by atoms with Crippen molar-refractivity contribution in [3.8, 4) is 22.5 Å². The van der Waals surface area contributed by atoms with Gasteiger partial charge < -0.3 is 10.3 Å². The summed E-state index contributed by atoms with van der Waals surface area (Å²) in [4.78, 5) is 0. The van der Waals surface area contributed by atoms with Crippen LogP contribution in [-0.4, -0.2) is 5.16 Å². The summed E-state index contributed by atoms with van der Waals surface area (Å²) < 4.78 is 5.40. The molecule has 100 valence electrons. The predicted molar refractivity (Wildman–Crippen MR) is 81.5 cm³/mol. The molecule has 2 N–H and O–H groups in total. The Balaban J connectivity index is 2.14. The van der Waals surface area contributed by atoms with E-state index >= 15 is 0 Å². The highest BCUT2D eigenvalue weighted by atomic mass is 35.5. The molecule has 0 aliphatic carbocycles. The SMILES string of the molecule is Cc1ccc(-c2onc(N)c2-c2ccc(Cl)cc2)cc1. The lowest BCUT2D eigenvalue weighted by Crippen LogP contribution is -1.88. The number of aromatic nitrogens is 1. The van der Waals surface area contributed by atoms with Gasteiger partial charge in [0.1, 0.15) is 0 Å². The van der Waals surface area contributed by atoms with Crippen LogP contribution in [0.3, 0.4) is 0 Å². The molecule has 0 unspecified atom stereocenters. The Morgan fingerprint density at radius 1 is 0.950 bits per heavy atom. The molecule has 0 aliphatic rings. The molecule has 4 heteroatoms. The molecule has 0 aliphatic heterocycles. The lowest BCUT2D eigenvalue weighted by atomic mass is 10.0. The van der Waals surface area contributed by atoms with E-state index in [4.69, 9.17) is 21.9 Å². The summed E-state index contributed by atoms with van der Waals surface area (Å²) in [6.07, 6.45) is 0. The van der Waals surface area contributed by atoms with Crippen molar-refractivity contribution in [3.05, 3.63) is 59.1 Å². The van der Waals surface area contributed by atoms with Gasteiger partial charge in [0.15, 0.2) is 11.6 Å². The summed E-state index contributed by atoms with van der Waals surface area (Å²) in [5.41, 5.74) is 9.81. The molecule has 2 aromatic carbocycles. The standard InChI is InChI=1S/C16H13ClN2O/c1-10-2-4-12(5-3-10)15-14(16(18)19-20-15)11-6-8-13(17)9-7-11/h2-9H,1H3,(H2,18,19). The minimum Gasteiger partial charge on any atom is -0.380 e. The minimum atomic E-state index is 0.378. The smallest absolute Gasteiger partial charge is 0.176 e. The minimum absolute atomic E-state index is 0.378. The highest BCUT2D eigenvalue weighted by Gasteiger charge is 2.17. The summed E-state index contributed by atoms with van der Waals surface area (Å²) in [5.74, 6) is 1.05. The Bertz CT molecular complexity index is 730. The van der Waals surface area contributed by atoms with Crippen molar-refractivity contribution in [1.82, 2.24) is 5.16 Å². The second-order valence-corrected chi connectivity index (χ2v) is 5.08. The fourth-order valence-electron chi connectivity index (χ4n) is 2.10. The molecule has 3 aromatic rings. The molecule has 3 nitrogen and oxygen atoms in total. The van der Waals surface area contributed by atoms with Gasteiger partial charge in [-0.1, -0.05) is 58.7 Å². The Labute approximate surface area is 122 Å². The van der Waals surface area contributed by atoms with E-state index in [1.165, 1.54) is 5.56 Å². The van der Waals surface area contributed by atoms with Crippen molar-refractivity contribution >= 4 is 17.4 Å². The molecular weight excluding hydrogens is 272 g/mol. The number of hydrogen-bond acceptors (Lipinski definition) is 3. The number of halogens is 1. The zero-order valence-corrected chi connectivity index (χ0v) is 11.7. The topological polar surface area (TPSA) is 52.0 Å². The molecule has 0 radical (unpaired) electrons. The van der Waals surface area contributed by atoms with Crippen LogP contribution in [0.5, 0.6) is 0 Å². The number of nitrogen functional groups attached to an aromatic ring is 1. The second kappa shape index (κ2) is 5.02. The van der Waals surface area contributed by atoms with Gasteiger partial charge in [-0.2, -0.15) is 0 Å². The number of anilines is 1. The molecule has 0 fully saturated rings. The Hall–Kier alpha value is -2.26. The van der Waals surface area contributed by atoms with Gasteiger partial charge in [0.25, 0.3) is 0 Å². The first-order chi connectivity index (χ1) is 9.65. The maximum Gasteiger partial charge on any atom is 0.176 e. The number of hydrogen-bond donors (Lipinski definition) is 1. The van der Waals surface area contributed by atoms with Crippen LogP contribution < -0.4 is 5.73 Å². The highest BCUT2D eigenvalue weighted by Crippen LogP contribution is 2.36. The molecular formula is C16H13ClN2O. The van der Waals surface area contributed by atoms with Gasteiger partial charge >= 0.3 is 0 Å². The number of aryl methyl sites for hydroxylation is 1. The first-order valence-corrected chi connectivity index (χ1v) is 6.61. The second-order valence-electron chi connectivity index (χ2n) is 4.64. The van der Waals surface area contributed by atoms with Crippen molar-refractivity contribution in [2.45, 2.75) is 6.92 Å². The van der Waals surface area contributed by atoms with Crippen molar-refractivity contribution < 1.29 is 4.52 Å². The number of rotatable bonds is 2. The van der Waals surface area contributed by atoms with Gasteiger partial charge in [-0.15, -0.1) is 0 Å². The Morgan fingerprint density at radius 2 is 1.55 bits per heavy atom. The molecule has 0 amide bonds. The first kappa shape index (κ1) is 12.8. The third-order valence-electron chi connectivity index (χ3n) is 3.17. The normalized spacial score (nSPS) is 10.7. The lowest BCUT2D eigenvalue weighted by molar-refractivity contribution is 0.436. The Kier molecular flexibility index (Phi) is 3.20. The van der Waals surface area contributed by atoms with Crippen molar-refractivity contribution in [1.29, 1.82) is 0 Å². The molecule has 0 spiro atoms. The number of benzene rings is 2. The third-order valence-corrected chi connectivity index (χ3v) is 3.42. The predicted octanol–water partition coefficient (Wildman–Crippen LogP) is 4.55. The molecule has 1 heterocycles. The summed E-state index contributed by atoms with van der Waals surface area (Å²) in [6.45, 7) is 2.04. The molecule has 3 rings (SSSR count). The molecule has 0 saturated carbocycles. The lowest BCUT2D eigenvalue weighted by Gasteiger charge is -2.03. The first-order valence-electron chi connectivity index (χ1n) is 6.23. The van der Waals surface area contributed by atoms with E-state index in [1.54, 1.807) is 0 Å². The van der Waals surface area contributed by atoms with Crippen molar-refractivity contribution in [2.75, 3.05) is 5.73 Å².